The molecular formula is C33H41N5O6. The van der Waals surface area contributed by atoms with Crippen molar-refractivity contribution < 1.29 is 29.4 Å². The van der Waals surface area contributed by atoms with Crippen molar-refractivity contribution >= 4 is 29.8 Å². The summed E-state index contributed by atoms with van der Waals surface area (Å²) in [6.45, 7) is 13.5. The molecule has 1 unspecified atom stereocenters. The number of carbonyl (C=O) groups is 4. The molecule has 4 atom stereocenters. The van der Waals surface area contributed by atoms with Crippen molar-refractivity contribution in [3.63, 3.8) is 0 Å². The van der Waals surface area contributed by atoms with Crippen molar-refractivity contribution in [3.8, 4) is 0 Å². The zero-order valence-corrected chi connectivity index (χ0v) is 25.9. The lowest BCUT2D eigenvalue weighted by atomic mass is 9.90. The summed E-state index contributed by atoms with van der Waals surface area (Å²) in [4.78, 5) is 55.2. The van der Waals surface area contributed by atoms with Crippen LogP contribution in [0.5, 0.6) is 0 Å². The van der Waals surface area contributed by atoms with Gasteiger partial charge < -0.3 is 30.8 Å². The van der Waals surface area contributed by atoms with Crippen LogP contribution in [0.25, 0.3) is 6.08 Å². The van der Waals surface area contributed by atoms with E-state index in [0.717, 1.165) is 56.3 Å². The largest absolute Gasteiger partial charge is 0.481 e. The minimum atomic E-state index is -0.899. The van der Waals surface area contributed by atoms with Gasteiger partial charge in [-0.1, -0.05) is 19.6 Å². The minimum Gasteiger partial charge on any atom is -0.481 e. The normalized spacial score (nSPS) is 25.2. The van der Waals surface area contributed by atoms with Crippen LogP contribution < -0.4 is 16.0 Å². The number of nitrogens with one attached hydrogen (secondary N) is 5. The lowest BCUT2D eigenvalue weighted by molar-refractivity contribution is -0.138. The number of hydrogen-bond acceptors (Lipinski definition) is 5. The number of amides is 2. The molecule has 5 rings (SSSR count). The summed E-state index contributed by atoms with van der Waals surface area (Å²) in [6.07, 6.45) is 4.99. The Kier molecular flexibility index (Phi) is 8.19. The van der Waals surface area contributed by atoms with Gasteiger partial charge in [0.1, 0.15) is 0 Å². The Morgan fingerprint density at radius 2 is 1.52 bits per heavy atom. The third-order valence-electron chi connectivity index (χ3n) is 9.84. The van der Waals surface area contributed by atoms with Gasteiger partial charge in [-0.05, 0) is 74.4 Å². The Balaban J connectivity index is 1.53. The van der Waals surface area contributed by atoms with Gasteiger partial charge in [0, 0.05) is 65.8 Å². The first-order chi connectivity index (χ1) is 20.8. The number of rotatable bonds is 12. The lowest BCUT2D eigenvalue weighted by Gasteiger charge is -2.12. The molecule has 2 fully saturated rings. The van der Waals surface area contributed by atoms with Crippen LogP contribution in [0, 0.1) is 19.8 Å². The highest BCUT2D eigenvalue weighted by Crippen LogP contribution is 2.45. The number of H-pyrrole nitrogens is 2. The summed E-state index contributed by atoms with van der Waals surface area (Å²) in [5.41, 5.74) is 8.89. The Morgan fingerprint density at radius 1 is 0.932 bits per heavy atom. The Morgan fingerprint density at radius 3 is 2.07 bits per heavy atom. The van der Waals surface area contributed by atoms with Gasteiger partial charge in [-0.15, -0.1) is 0 Å². The maximum atomic E-state index is 12.6. The molecule has 0 radical (unpaired) electrons. The van der Waals surface area contributed by atoms with Gasteiger partial charge in [0.05, 0.1) is 17.5 Å². The third kappa shape index (κ3) is 5.40. The molecule has 0 aromatic carbocycles. The number of carbonyl (C=O) groups excluding carboxylic acids is 2. The van der Waals surface area contributed by atoms with Crippen molar-refractivity contribution in [1.29, 1.82) is 0 Å². The van der Waals surface area contributed by atoms with Gasteiger partial charge >= 0.3 is 11.9 Å². The van der Waals surface area contributed by atoms with Crippen LogP contribution in [-0.4, -0.2) is 61.6 Å². The van der Waals surface area contributed by atoms with Crippen LogP contribution in [0.4, 0.5) is 0 Å². The zero-order chi connectivity index (χ0) is 32.1. The number of aliphatic carboxylic acids is 2. The van der Waals surface area contributed by atoms with Crippen molar-refractivity contribution in [1.82, 2.24) is 25.9 Å². The second-order valence-electron chi connectivity index (χ2n) is 12.3. The molecule has 234 valence electrons. The summed E-state index contributed by atoms with van der Waals surface area (Å²) in [7, 11) is 0. The molecule has 2 amide bonds. The number of carboxylic acids is 2. The second-order valence-corrected chi connectivity index (χ2v) is 12.3. The van der Waals surface area contributed by atoms with E-state index in [2.05, 4.69) is 32.5 Å². The van der Waals surface area contributed by atoms with E-state index in [4.69, 9.17) is 0 Å². The minimum absolute atomic E-state index is 0.0372. The highest BCUT2D eigenvalue weighted by atomic mass is 16.4. The summed E-state index contributed by atoms with van der Waals surface area (Å²) in [6, 6.07) is -0.0633. The van der Waals surface area contributed by atoms with Crippen molar-refractivity contribution in [2.24, 2.45) is 5.92 Å². The molecule has 0 aliphatic carbocycles. The van der Waals surface area contributed by atoms with Crippen LogP contribution >= 0.6 is 0 Å². The molecule has 5 heterocycles. The maximum Gasteiger partial charge on any atom is 0.303 e. The van der Waals surface area contributed by atoms with Crippen molar-refractivity contribution in [2.75, 3.05) is 0 Å². The lowest BCUT2D eigenvalue weighted by Crippen LogP contribution is -2.30. The predicted molar refractivity (Wildman–Crippen MR) is 165 cm³/mol. The first kappa shape index (κ1) is 31.1. The maximum absolute atomic E-state index is 12.6. The number of hydrogen-bond donors (Lipinski definition) is 7. The Bertz CT molecular complexity index is 1640. The van der Waals surface area contributed by atoms with E-state index < -0.39 is 17.5 Å². The third-order valence-corrected chi connectivity index (χ3v) is 9.84. The van der Waals surface area contributed by atoms with Gasteiger partial charge in [0.25, 0.3) is 5.91 Å². The molecule has 3 aliphatic rings. The Labute approximate surface area is 256 Å². The summed E-state index contributed by atoms with van der Waals surface area (Å²) in [5.74, 6) is -2.20. The predicted octanol–water partition coefficient (Wildman–Crippen LogP) is 2.97. The number of aromatic nitrogens is 2. The van der Waals surface area contributed by atoms with Gasteiger partial charge in [-0.2, -0.15) is 0 Å². The molecule has 11 heteroatoms. The number of carboxylic acid groups (broad SMARTS) is 2. The fourth-order valence-corrected chi connectivity index (χ4v) is 7.03. The second kappa shape index (κ2) is 11.6. The van der Waals surface area contributed by atoms with Gasteiger partial charge in [-0.25, -0.2) is 0 Å². The van der Waals surface area contributed by atoms with Gasteiger partial charge in [0.15, 0.2) is 0 Å². The molecule has 2 aromatic rings. The molecule has 3 aliphatic heterocycles. The van der Waals surface area contributed by atoms with Crippen LogP contribution in [0.2, 0.25) is 0 Å². The standard InChI is InChI=1S/C33H41N5O6/c1-7-20-15(2)24(36-32(20)44)12-23-16(3)21(8-10-29(39)40)26(34-23)13-27-22(9-11-30(41)42)17(4)25(35-27)14-28-33(19(6)38-33)18(5)31(43)37-28/h7,14,18-19,24,34-35,38H,1,8-13H2,2-6H3,(H,36,44)(H,37,43)(H,39,40)(H,41,42)/b28-14-/t18-,19?,24+,33-/m0/s1. The first-order valence-corrected chi connectivity index (χ1v) is 15.1. The highest BCUT2D eigenvalue weighted by Gasteiger charge is 2.63. The molecule has 2 aromatic heterocycles. The van der Waals surface area contributed by atoms with Crippen molar-refractivity contribution in [3.05, 3.63) is 74.5 Å². The van der Waals surface area contributed by atoms with E-state index in [0.29, 0.717) is 31.3 Å². The molecule has 1 spiro atoms. The average Bonchev–Trinajstić information content (AvgIpc) is 3.13. The van der Waals surface area contributed by atoms with Crippen LogP contribution in [0.3, 0.4) is 0 Å². The average molecular weight is 604 g/mol. The molecule has 0 saturated carbocycles. The first-order valence-electron chi connectivity index (χ1n) is 15.1. The van der Waals surface area contributed by atoms with Crippen LogP contribution in [0.15, 0.2) is 29.5 Å². The molecule has 2 saturated heterocycles. The smallest absolute Gasteiger partial charge is 0.303 e. The van der Waals surface area contributed by atoms with Gasteiger partial charge in [0.2, 0.25) is 5.91 Å². The van der Waals surface area contributed by atoms with E-state index in [1.807, 2.05) is 40.7 Å². The molecule has 44 heavy (non-hydrogen) atoms. The fourth-order valence-electron chi connectivity index (χ4n) is 7.03. The quantitative estimate of drug-likeness (QED) is 0.182. The fraction of sp³-hybridized carbons (Fsp3) is 0.455. The van der Waals surface area contributed by atoms with E-state index in [1.165, 1.54) is 0 Å². The van der Waals surface area contributed by atoms with Gasteiger partial charge in [-0.3, -0.25) is 24.5 Å². The topological polar surface area (TPSA) is 186 Å². The monoisotopic (exact) mass is 603 g/mol. The van der Waals surface area contributed by atoms with Crippen LogP contribution in [0.1, 0.15) is 78.6 Å². The molecule has 7 N–H and O–H groups in total. The summed E-state index contributed by atoms with van der Waals surface area (Å²) in [5, 5.41) is 28.4. The molecular weight excluding hydrogens is 562 g/mol. The van der Waals surface area contributed by atoms with E-state index >= 15 is 0 Å². The van der Waals surface area contributed by atoms with E-state index in [9.17, 15) is 29.4 Å². The summed E-state index contributed by atoms with van der Waals surface area (Å²) < 4.78 is 0. The SMILES string of the molecule is C=CC1=C(C)[C@@H](Cc2[nH]c(Cc3[nH]c(/C=C4\NC(=O)[C@H](C)[C@@]45NC5C)c(C)c3CCC(=O)O)c(CCC(=O)O)c2C)NC1=O. The number of aromatic amines is 2. The summed E-state index contributed by atoms with van der Waals surface area (Å²) >= 11 is 0. The van der Waals surface area contributed by atoms with Crippen LogP contribution in [-0.2, 0) is 44.9 Å². The molecule has 0 bridgehead atoms. The molecule has 11 nitrogen and oxygen atoms in total. The van der Waals surface area contributed by atoms with E-state index in [-0.39, 0.29) is 42.7 Å². The highest BCUT2D eigenvalue weighted by molar-refractivity contribution is 6.00. The zero-order valence-electron chi connectivity index (χ0n) is 25.9. The van der Waals surface area contributed by atoms with Crippen molar-refractivity contribution in [2.45, 2.75) is 90.8 Å². The Hall–Kier alpha value is -4.38. The van der Waals surface area contributed by atoms with E-state index in [1.54, 1.807) is 6.08 Å².